The molecule has 0 saturated carbocycles. The van der Waals surface area contributed by atoms with Gasteiger partial charge in [-0.3, -0.25) is 4.79 Å². The number of thioether (sulfide) groups is 1. The minimum atomic E-state index is -0.445. The number of hydrogen-bond donors (Lipinski definition) is 1. The Hall–Kier alpha value is -1.40. The first-order valence-corrected chi connectivity index (χ1v) is 16.5. The van der Waals surface area contributed by atoms with Gasteiger partial charge in [-0.25, -0.2) is 0 Å². The summed E-state index contributed by atoms with van der Waals surface area (Å²) in [6, 6.07) is 10.2. The van der Waals surface area contributed by atoms with Crippen molar-refractivity contribution in [3.05, 3.63) is 60.2 Å². The molecule has 4 nitrogen and oxygen atoms in total. The lowest BCUT2D eigenvalue weighted by Crippen LogP contribution is -2.11. The summed E-state index contributed by atoms with van der Waals surface area (Å²) in [5.74, 6) is 0.798. The van der Waals surface area contributed by atoms with Crippen molar-refractivity contribution in [1.29, 1.82) is 0 Å². The third-order valence-corrected chi connectivity index (χ3v) is 7.49. The maximum absolute atomic E-state index is 11.5. The number of allylic oxidation sites excluding steroid dienone is 3. The first-order chi connectivity index (χ1) is 19.1. The van der Waals surface area contributed by atoms with Crippen molar-refractivity contribution in [2.75, 3.05) is 12.5 Å². The van der Waals surface area contributed by atoms with Crippen LogP contribution in [0.5, 0.6) is 0 Å². The van der Waals surface area contributed by atoms with Crippen LogP contribution in [0.15, 0.2) is 54.6 Å². The Morgan fingerprint density at radius 2 is 1.44 bits per heavy atom. The highest BCUT2D eigenvalue weighted by Gasteiger charge is 2.10. The van der Waals surface area contributed by atoms with Crippen molar-refractivity contribution in [3.63, 3.8) is 0 Å². The average molecular weight is 561 g/mol. The topological polar surface area (TPSA) is 55.8 Å². The Balaban J connectivity index is 1.79. The standard InChI is InChI=1S/C34H56O4S/c1-3-39-34(36)28-33(35)27-23-18-16-14-12-10-8-6-4-5-7-9-11-13-15-17-20-24-31(2)38-30-37-29-32-25-21-19-22-26-32/h9,11,17,19-22,25-26,31,33,35H,3-8,10,12-16,18,23-24,27-30H2,1-2H3/b11-9+,20-17+/t31-,33-/m1/s1. The molecule has 0 radical (unpaired) electrons. The molecule has 0 unspecified atom stereocenters. The van der Waals surface area contributed by atoms with Crippen molar-refractivity contribution in [2.24, 2.45) is 0 Å². The number of carbonyl (C=O) groups excluding carboxylic acids is 1. The van der Waals surface area contributed by atoms with Crippen LogP contribution in [0.25, 0.3) is 0 Å². The van der Waals surface area contributed by atoms with Gasteiger partial charge in [-0.15, -0.1) is 0 Å². The van der Waals surface area contributed by atoms with Crippen molar-refractivity contribution in [2.45, 2.75) is 135 Å². The lowest BCUT2D eigenvalue weighted by Gasteiger charge is -2.11. The molecule has 0 heterocycles. The van der Waals surface area contributed by atoms with E-state index in [1.807, 2.05) is 25.1 Å². The van der Waals surface area contributed by atoms with Gasteiger partial charge in [0.2, 0.25) is 0 Å². The Kier molecular flexibility index (Phi) is 24.5. The average Bonchev–Trinajstić information content (AvgIpc) is 2.93. The molecule has 0 aromatic heterocycles. The summed E-state index contributed by atoms with van der Waals surface area (Å²) in [7, 11) is 0. The monoisotopic (exact) mass is 560 g/mol. The van der Waals surface area contributed by atoms with E-state index in [2.05, 4.69) is 43.4 Å². The van der Waals surface area contributed by atoms with Crippen molar-refractivity contribution >= 4 is 16.9 Å². The van der Waals surface area contributed by atoms with E-state index in [9.17, 15) is 9.90 Å². The molecule has 39 heavy (non-hydrogen) atoms. The minimum Gasteiger partial charge on any atom is -0.393 e. The molecule has 2 atom stereocenters. The summed E-state index contributed by atoms with van der Waals surface area (Å²) >= 11 is 1.32. The summed E-state index contributed by atoms with van der Waals surface area (Å²) < 4.78 is 11.3. The number of rotatable bonds is 26. The van der Waals surface area contributed by atoms with Gasteiger partial charge >= 0.3 is 0 Å². The number of ether oxygens (including phenoxy) is 2. The SMILES string of the molecule is CCSC(=O)C[C@H](O)CCCCCCCCCCCC/C=C/CC/C=C/C[C@@H](C)OCOCc1ccccc1. The summed E-state index contributed by atoms with van der Waals surface area (Å²) in [5.41, 5.74) is 1.17. The maximum Gasteiger partial charge on any atom is 0.191 e. The van der Waals surface area contributed by atoms with E-state index in [-0.39, 0.29) is 11.2 Å². The zero-order chi connectivity index (χ0) is 28.2. The summed E-state index contributed by atoms with van der Waals surface area (Å²) in [6.45, 7) is 4.99. The molecule has 1 aromatic rings. The smallest absolute Gasteiger partial charge is 0.191 e. The highest BCUT2D eigenvalue weighted by molar-refractivity contribution is 8.13. The molecule has 0 aliphatic heterocycles. The van der Waals surface area contributed by atoms with Crippen molar-refractivity contribution in [3.8, 4) is 0 Å². The second-order valence-electron chi connectivity index (χ2n) is 10.5. The quantitative estimate of drug-likeness (QED) is 0.0694. The molecule has 0 saturated heterocycles. The number of aliphatic hydroxyl groups is 1. The predicted molar refractivity (Wildman–Crippen MR) is 168 cm³/mol. The molecule has 0 spiro atoms. The van der Waals surface area contributed by atoms with E-state index < -0.39 is 6.10 Å². The van der Waals surface area contributed by atoms with Crippen molar-refractivity contribution < 1.29 is 19.4 Å². The van der Waals surface area contributed by atoms with Gasteiger partial charge in [-0.1, -0.05) is 131 Å². The lowest BCUT2D eigenvalue weighted by molar-refractivity contribution is -0.112. The van der Waals surface area contributed by atoms with E-state index in [0.29, 0.717) is 19.8 Å². The molecule has 222 valence electrons. The van der Waals surface area contributed by atoms with E-state index in [4.69, 9.17) is 9.47 Å². The molecule has 1 rings (SSSR count). The normalized spacial score (nSPS) is 13.4. The van der Waals surface area contributed by atoms with Crippen LogP contribution in [0.4, 0.5) is 0 Å². The second kappa shape index (κ2) is 26.8. The van der Waals surface area contributed by atoms with Gasteiger partial charge in [0.15, 0.2) is 5.12 Å². The number of benzene rings is 1. The van der Waals surface area contributed by atoms with Crippen LogP contribution in [-0.4, -0.2) is 35.0 Å². The molecule has 0 bridgehead atoms. The van der Waals surface area contributed by atoms with Crippen LogP contribution in [0.2, 0.25) is 0 Å². The first-order valence-electron chi connectivity index (χ1n) is 15.5. The van der Waals surface area contributed by atoms with Crippen LogP contribution in [-0.2, 0) is 20.9 Å². The Bertz CT molecular complexity index is 734. The van der Waals surface area contributed by atoms with E-state index >= 15 is 0 Å². The molecule has 0 fully saturated rings. The molecule has 1 aromatic carbocycles. The largest absolute Gasteiger partial charge is 0.393 e. The molecular formula is C34H56O4S. The highest BCUT2D eigenvalue weighted by atomic mass is 32.2. The zero-order valence-electron chi connectivity index (χ0n) is 24.9. The Labute approximate surface area is 244 Å². The highest BCUT2D eigenvalue weighted by Crippen LogP contribution is 2.15. The fourth-order valence-corrected chi connectivity index (χ4v) is 5.00. The van der Waals surface area contributed by atoms with Crippen LogP contribution in [0, 0.1) is 0 Å². The van der Waals surface area contributed by atoms with Gasteiger partial charge in [-0.2, -0.15) is 0 Å². The number of hydrogen-bond acceptors (Lipinski definition) is 5. The van der Waals surface area contributed by atoms with E-state index in [1.165, 1.54) is 81.5 Å². The Morgan fingerprint density at radius 1 is 0.846 bits per heavy atom. The fraction of sp³-hybridized carbons (Fsp3) is 0.676. The maximum atomic E-state index is 11.5. The van der Waals surface area contributed by atoms with Gasteiger partial charge in [0.25, 0.3) is 0 Å². The second-order valence-corrected chi connectivity index (χ2v) is 11.8. The fourth-order valence-electron chi connectivity index (χ4n) is 4.37. The van der Waals surface area contributed by atoms with Gasteiger partial charge < -0.3 is 14.6 Å². The van der Waals surface area contributed by atoms with Gasteiger partial charge in [0.1, 0.15) is 6.79 Å². The van der Waals surface area contributed by atoms with Crippen molar-refractivity contribution in [1.82, 2.24) is 0 Å². The van der Waals surface area contributed by atoms with Crippen LogP contribution in [0.1, 0.15) is 122 Å². The van der Waals surface area contributed by atoms with Crippen LogP contribution in [0.3, 0.4) is 0 Å². The third-order valence-electron chi connectivity index (χ3n) is 6.71. The van der Waals surface area contributed by atoms with E-state index in [0.717, 1.165) is 37.9 Å². The molecule has 0 aliphatic carbocycles. The zero-order valence-corrected chi connectivity index (χ0v) is 25.7. The molecule has 1 N–H and O–H groups in total. The molecule has 0 amide bonds. The van der Waals surface area contributed by atoms with Gasteiger partial charge in [0, 0.05) is 6.42 Å². The predicted octanol–water partition coefficient (Wildman–Crippen LogP) is 9.56. The van der Waals surface area contributed by atoms with Crippen LogP contribution < -0.4 is 0 Å². The van der Waals surface area contributed by atoms with Gasteiger partial charge in [0.05, 0.1) is 18.8 Å². The molecular weight excluding hydrogens is 504 g/mol. The Morgan fingerprint density at radius 3 is 2.10 bits per heavy atom. The van der Waals surface area contributed by atoms with Gasteiger partial charge in [-0.05, 0) is 56.8 Å². The lowest BCUT2D eigenvalue weighted by atomic mass is 10.0. The third kappa shape index (κ3) is 24.1. The summed E-state index contributed by atoms with van der Waals surface area (Å²) in [6.07, 6.45) is 27.1. The molecule has 0 aliphatic rings. The van der Waals surface area contributed by atoms with E-state index in [1.54, 1.807) is 0 Å². The minimum absolute atomic E-state index is 0.124. The summed E-state index contributed by atoms with van der Waals surface area (Å²) in [5, 5.41) is 10.0. The summed E-state index contributed by atoms with van der Waals surface area (Å²) in [4.78, 5) is 11.5. The number of unbranched alkanes of at least 4 members (excludes halogenated alkanes) is 11. The number of aliphatic hydroxyl groups excluding tert-OH is 1. The first kappa shape index (κ1) is 35.6. The molecule has 5 heteroatoms. The number of carbonyl (C=O) groups is 1. The van der Waals surface area contributed by atoms with Crippen LogP contribution >= 0.6 is 11.8 Å².